The summed E-state index contributed by atoms with van der Waals surface area (Å²) in [5.41, 5.74) is 4.84. The van der Waals surface area contributed by atoms with Crippen molar-refractivity contribution in [3.8, 4) is 0 Å². The standard InChI is InChI=1S/C13H16F2N2O2/c1-19-12-4-2-3-11(12)17-13(18)7-5-10(16)9(15)6-8(7)14/h5-6,11-12H,2-4,16H2,1H3,(H,17,18). The molecule has 1 aliphatic carbocycles. The van der Waals surface area contributed by atoms with Crippen LogP contribution in [-0.2, 0) is 4.74 Å². The van der Waals surface area contributed by atoms with Crippen molar-refractivity contribution in [3.05, 3.63) is 29.3 Å². The Morgan fingerprint density at radius 1 is 1.37 bits per heavy atom. The van der Waals surface area contributed by atoms with Gasteiger partial charge in [0.25, 0.3) is 5.91 Å². The van der Waals surface area contributed by atoms with Crippen LogP contribution in [0.3, 0.4) is 0 Å². The molecule has 1 saturated carbocycles. The van der Waals surface area contributed by atoms with E-state index < -0.39 is 17.5 Å². The summed E-state index contributed by atoms with van der Waals surface area (Å²) in [5, 5.41) is 2.70. The van der Waals surface area contributed by atoms with Crippen LogP contribution >= 0.6 is 0 Å². The minimum atomic E-state index is -0.920. The Hall–Kier alpha value is -1.69. The van der Waals surface area contributed by atoms with Crippen LogP contribution in [0.5, 0.6) is 0 Å². The van der Waals surface area contributed by atoms with Crippen molar-refractivity contribution < 1.29 is 18.3 Å². The number of ether oxygens (including phenoxy) is 1. The zero-order valence-corrected chi connectivity index (χ0v) is 10.6. The Morgan fingerprint density at radius 2 is 2.11 bits per heavy atom. The van der Waals surface area contributed by atoms with E-state index >= 15 is 0 Å². The van der Waals surface area contributed by atoms with Crippen LogP contribution in [-0.4, -0.2) is 25.2 Å². The summed E-state index contributed by atoms with van der Waals surface area (Å²) in [6, 6.07) is 1.48. The van der Waals surface area contributed by atoms with Gasteiger partial charge in [0.2, 0.25) is 0 Å². The summed E-state index contributed by atoms with van der Waals surface area (Å²) in [4.78, 5) is 12.0. The van der Waals surface area contributed by atoms with Gasteiger partial charge < -0.3 is 15.8 Å². The molecule has 1 aliphatic rings. The van der Waals surface area contributed by atoms with Crippen LogP contribution in [0.1, 0.15) is 29.6 Å². The highest BCUT2D eigenvalue weighted by atomic mass is 19.1. The molecule has 1 aromatic carbocycles. The van der Waals surface area contributed by atoms with E-state index in [1.807, 2.05) is 0 Å². The van der Waals surface area contributed by atoms with Crippen LogP contribution in [0.15, 0.2) is 12.1 Å². The summed E-state index contributed by atoms with van der Waals surface area (Å²) in [7, 11) is 1.58. The van der Waals surface area contributed by atoms with E-state index in [-0.39, 0.29) is 23.4 Å². The van der Waals surface area contributed by atoms with Gasteiger partial charge in [-0.25, -0.2) is 8.78 Å². The number of halogens is 2. The molecule has 1 aromatic rings. The van der Waals surface area contributed by atoms with Gasteiger partial charge in [-0.05, 0) is 25.3 Å². The molecule has 0 spiro atoms. The predicted octanol–water partition coefficient (Wildman–Crippen LogP) is 1.84. The number of carbonyl (C=O) groups excluding carboxylic acids is 1. The molecule has 0 radical (unpaired) electrons. The molecule has 2 rings (SSSR count). The third kappa shape index (κ3) is 2.84. The van der Waals surface area contributed by atoms with Gasteiger partial charge in [0.1, 0.15) is 11.6 Å². The molecular weight excluding hydrogens is 254 g/mol. The van der Waals surface area contributed by atoms with Crippen molar-refractivity contribution in [2.75, 3.05) is 12.8 Å². The molecule has 0 aliphatic heterocycles. The van der Waals surface area contributed by atoms with Crippen molar-refractivity contribution in [1.29, 1.82) is 0 Å². The number of anilines is 1. The topological polar surface area (TPSA) is 64.3 Å². The van der Waals surface area contributed by atoms with Crippen LogP contribution < -0.4 is 11.1 Å². The lowest BCUT2D eigenvalue weighted by Gasteiger charge is -2.19. The SMILES string of the molecule is COC1CCCC1NC(=O)c1cc(N)c(F)cc1F. The number of methoxy groups -OCH3 is 1. The maximum atomic E-state index is 13.5. The van der Waals surface area contributed by atoms with Crippen molar-refractivity contribution >= 4 is 11.6 Å². The zero-order valence-electron chi connectivity index (χ0n) is 10.6. The van der Waals surface area contributed by atoms with Crippen molar-refractivity contribution in [1.82, 2.24) is 5.32 Å². The lowest BCUT2D eigenvalue weighted by molar-refractivity contribution is 0.0720. The highest BCUT2D eigenvalue weighted by molar-refractivity contribution is 5.95. The van der Waals surface area contributed by atoms with E-state index in [1.54, 1.807) is 7.11 Å². The first-order chi connectivity index (χ1) is 9.02. The molecule has 0 bridgehead atoms. The number of hydrogen-bond acceptors (Lipinski definition) is 3. The summed E-state index contributed by atoms with van der Waals surface area (Å²) in [6.07, 6.45) is 2.51. The van der Waals surface area contributed by atoms with Crippen molar-refractivity contribution in [2.24, 2.45) is 0 Å². The van der Waals surface area contributed by atoms with E-state index in [0.29, 0.717) is 6.07 Å². The first kappa shape index (κ1) is 13.7. The van der Waals surface area contributed by atoms with Crippen LogP contribution in [0.4, 0.5) is 14.5 Å². The Kier molecular flexibility index (Phi) is 3.99. The lowest BCUT2D eigenvalue weighted by Crippen LogP contribution is -2.41. The van der Waals surface area contributed by atoms with E-state index in [0.717, 1.165) is 25.3 Å². The van der Waals surface area contributed by atoms with E-state index in [1.165, 1.54) is 0 Å². The number of nitrogens with two attached hydrogens (primary N) is 1. The minimum absolute atomic E-state index is 0.0650. The lowest BCUT2D eigenvalue weighted by atomic mass is 10.1. The molecule has 104 valence electrons. The summed E-state index contributed by atoms with van der Waals surface area (Å²) in [5.74, 6) is -2.39. The Balaban J connectivity index is 2.14. The summed E-state index contributed by atoms with van der Waals surface area (Å²) < 4.78 is 31.8. The quantitative estimate of drug-likeness (QED) is 0.824. The van der Waals surface area contributed by atoms with Crippen LogP contribution in [0, 0.1) is 11.6 Å². The number of benzene rings is 1. The smallest absolute Gasteiger partial charge is 0.254 e. The second-order valence-electron chi connectivity index (χ2n) is 4.64. The first-order valence-electron chi connectivity index (χ1n) is 6.11. The molecule has 0 saturated heterocycles. The molecule has 3 N–H and O–H groups in total. The van der Waals surface area contributed by atoms with Gasteiger partial charge in [-0.1, -0.05) is 0 Å². The molecular formula is C13H16F2N2O2. The van der Waals surface area contributed by atoms with Gasteiger partial charge in [-0.3, -0.25) is 4.79 Å². The monoisotopic (exact) mass is 270 g/mol. The van der Waals surface area contributed by atoms with Gasteiger partial charge in [0, 0.05) is 13.2 Å². The summed E-state index contributed by atoms with van der Waals surface area (Å²) in [6.45, 7) is 0. The second-order valence-corrected chi connectivity index (χ2v) is 4.64. The Labute approximate surface area is 109 Å². The number of nitrogen functional groups attached to an aromatic ring is 1. The minimum Gasteiger partial charge on any atom is -0.396 e. The maximum Gasteiger partial charge on any atom is 0.254 e. The van der Waals surface area contributed by atoms with Crippen LogP contribution in [0.2, 0.25) is 0 Å². The largest absolute Gasteiger partial charge is 0.396 e. The van der Waals surface area contributed by atoms with E-state index in [9.17, 15) is 13.6 Å². The van der Waals surface area contributed by atoms with Gasteiger partial charge >= 0.3 is 0 Å². The number of amides is 1. The fraction of sp³-hybridized carbons (Fsp3) is 0.462. The average Bonchev–Trinajstić information content (AvgIpc) is 2.80. The molecule has 2 atom stereocenters. The van der Waals surface area contributed by atoms with Gasteiger partial charge in [0.15, 0.2) is 0 Å². The molecule has 1 fully saturated rings. The molecule has 2 unspecified atom stereocenters. The highest BCUT2D eigenvalue weighted by Crippen LogP contribution is 2.23. The third-order valence-electron chi connectivity index (χ3n) is 3.40. The zero-order chi connectivity index (χ0) is 14.0. The Morgan fingerprint density at radius 3 is 2.79 bits per heavy atom. The number of nitrogens with one attached hydrogen (secondary N) is 1. The molecule has 6 heteroatoms. The van der Waals surface area contributed by atoms with Gasteiger partial charge in [-0.15, -0.1) is 0 Å². The number of carbonyl (C=O) groups is 1. The highest BCUT2D eigenvalue weighted by Gasteiger charge is 2.29. The predicted molar refractivity (Wildman–Crippen MR) is 66.7 cm³/mol. The Bertz CT molecular complexity index is 494. The molecule has 19 heavy (non-hydrogen) atoms. The molecule has 0 heterocycles. The second kappa shape index (κ2) is 5.52. The molecule has 1 amide bonds. The normalized spacial score (nSPS) is 22.5. The first-order valence-corrected chi connectivity index (χ1v) is 6.11. The van der Waals surface area contributed by atoms with Gasteiger partial charge in [0.05, 0.1) is 23.4 Å². The van der Waals surface area contributed by atoms with Crippen molar-refractivity contribution in [3.63, 3.8) is 0 Å². The van der Waals surface area contributed by atoms with Crippen molar-refractivity contribution in [2.45, 2.75) is 31.4 Å². The average molecular weight is 270 g/mol. The maximum absolute atomic E-state index is 13.5. The molecule has 0 aromatic heterocycles. The number of rotatable bonds is 3. The van der Waals surface area contributed by atoms with Gasteiger partial charge in [-0.2, -0.15) is 0 Å². The molecule has 4 nitrogen and oxygen atoms in total. The van der Waals surface area contributed by atoms with Crippen LogP contribution in [0.25, 0.3) is 0 Å². The van der Waals surface area contributed by atoms with E-state index in [2.05, 4.69) is 5.32 Å². The summed E-state index contributed by atoms with van der Waals surface area (Å²) >= 11 is 0. The number of hydrogen-bond donors (Lipinski definition) is 2. The van der Waals surface area contributed by atoms with E-state index in [4.69, 9.17) is 10.5 Å². The third-order valence-corrected chi connectivity index (χ3v) is 3.40. The fourth-order valence-corrected chi connectivity index (χ4v) is 2.36. The fourth-order valence-electron chi connectivity index (χ4n) is 2.36.